The van der Waals surface area contributed by atoms with E-state index in [-0.39, 0.29) is 12.0 Å². The second-order valence-electron chi connectivity index (χ2n) is 2.65. The molecule has 0 fully saturated rings. The average molecular weight is 168 g/mol. The van der Waals surface area contributed by atoms with E-state index in [1.54, 1.807) is 13.8 Å². The molecule has 0 unspecified atom stereocenters. The number of ether oxygens (including phenoxy) is 1. The Balaban J connectivity index is 2.72. The highest BCUT2D eigenvalue weighted by Crippen LogP contribution is 2.11. The molecular formula is C8H10NO3. The SMILES string of the molecule is CC(C)OC(=O)n1cccc1[O]. The summed E-state index contributed by atoms with van der Waals surface area (Å²) >= 11 is 0. The Labute approximate surface area is 70.4 Å². The summed E-state index contributed by atoms with van der Waals surface area (Å²) in [5.74, 6) is -0.361. The first-order chi connectivity index (χ1) is 5.61. The summed E-state index contributed by atoms with van der Waals surface area (Å²) in [5, 5.41) is 10.9. The van der Waals surface area contributed by atoms with Gasteiger partial charge in [0.2, 0.25) is 0 Å². The molecule has 1 heterocycles. The van der Waals surface area contributed by atoms with Crippen LogP contribution in [0, 0.1) is 0 Å². The van der Waals surface area contributed by atoms with Crippen molar-refractivity contribution >= 4 is 6.09 Å². The van der Waals surface area contributed by atoms with E-state index < -0.39 is 6.09 Å². The van der Waals surface area contributed by atoms with E-state index in [4.69, 9.17) is 4.74 Å². The molecular weight excluding hydrogens is 158 g/mol. The summed E-state index contributed by atoms with van der Waals surface area (Å²) in [6.07, 6.45) is 0.548. The van der Waals surface area contributed by atoms with E-state index in [9.17, 15) is 9.90 Å². The summed E-state index contributed by atoms with van der Waals surface area (Å²) < 4.78 is 5.73. The lowest BCUT2D eigenvalue weighted by molar-refractivity contribution is 0.114. The van der Waals surface area contributed by atoms with E-state index >= 15 is 0 Å². The largest absolute Gasteiger partial charge is 0.446 e. The maximum atomic E-state index is 11.1. The van der Waals surface area contributed by atoms with Gasteiger partial charge in [0.05, 0.1) is 6.10 Å². The standard InChI is InChI=1S/C8H10NO3/c1-6(2)12-8(11)9-5-3-4-7(9)10/h3-6H,1-2H3. The van der Waals surface area contributed by atoms with Crippen molar-refractivity contribution in [3.8, 4) is 5.88 Å². The van der Waals surface area contributed by atoms with Crippen LogP contribution >= 0.6 is 0 Å². The van der Waals surface area contributed by atoms with E-state index in [0.29, 0.717) is 0 Å². The van der Waals surface area contributed by atoms with E-state index in [1.807, 2.05) is 0 Å². The second kappa shape index (κ2) is 3.30. The first-order valence-electron chi connectivity index (χ1n) is 3.66. The molecule has 0 saturated carbocycles. The normalized spacial score (nSPS) is 10.2. The van der Waals surface area contributed by atoms with Crippen molar-refractivity contribution in [3.63, 3.8) is 0 Å². The molecule has 0 amide bonds. The third-order valence-electron chi connectivity index (χ3n) is 1.24. The van der Waals surface area contributed by atoms with Crippen molar-refractivity contribution in [1.29, 1.82) is 0 Å². The zero-order valence-electron chi connectivity index (χ0n) is 6.98. The van der Waals surface area contributed by atoms with Gasteiger partial charge in [-0.15, -0.1) is 0 Å². The maximum Gasteiger partial charge on any atom is 0.421 e. The number of rotatable bonds is 1. The molecule has 0 spiro atoms. The third kappa shape index (κ3) is 1.78. The smallest absolute Gasteiger partial charge is 0.421 e. The van der Waals surface area contributed by atoms with Crippen LogP contribution in [0.5, 0.6) is 5.88 Å². The molecule has 1 aromatic rings. The molecule has 4 heteroatoms. The summed E-state index contributed by atoms with van der Waals surface area (Å²) in [6, 6.07) is 2.81. The van der Waals surface area contributed by atoms with Gasteiger partial charge >= 0.3 is 6.09 Å². The van der Waals surface area contributed by atoms with Crippen LogP contribution in [0.2, 0.25) is 0 Å². The summed E-state index contributed by atoms with van der Waals surface area (Å²) in [6.45, 7) is 3.46. The van der Waals surface area contributed by atoms with Crippen molar-refractivity contribution in [3.05, 3.63) is 18.3 Å². The zero-order valence-corrected chi connectivity index (χ0v) is 6.98. The van der Waals surface area contributed by atoms with Crippen LogP contribution in [0.25, 0.3) is 0 Å². The Morgan fingerprint density at radius 1 is 1.58 bits per heavy atom. The number of hydrogen-bond acceptors (Lipinski definition) is 2. The van der Waals surface area contributed by atoms with Gasteiger partial charge < -0.3 is 4.74 Å². The van der Waals surface area contributed by atoms with Crippen LogP contribution in [0.3, 0.4) is 0 Å². The number of aromatic nitrogens is 1. The highest BCUT2D eigenvalue weighted by Gasteiger charge is 2.11. The molecule has 0 aliphatic heterocycles. The molecule has 1 rings (SSSR count). The van der Waals surface area contributed by atoms with Crippen LogP contribution in [-0.4, -0.2) is 16.8 Å². The fourth-order valence-electron chi connectivity index (χ4n) is 0.774. The van der Waals surface area contributed by atoms with Crippen LogP contribution in [0.4, 0.5) is 4.79 Å². The molecule has 0 aliphatic rings. The summed E-state index contributed by atoms with van der Waals surface area (Å²) in [4.78, 5) is 11.1. The van der Waals surface area contributed by atoms with Crippen molar-refractivity contribution in [1.82, 2.24) is 4.57 Å². The van der Waals surface area contributed by atoms with Crippen molar-refractivity contribution in [2.75, 3.05) is 0 Å². The maximum absolute atomic E-state index is 11.1. The molecule has 0 aliphatic carbocycles. The molecule has 0 aromatic carbocycles. The predicted molar refractivity (Wildman–Crippen MR) is 41.6 cm³/mol. The zero-order chi connectivity index (χ0) is 9.14. The van der Waals surface area contributed by atoms with Crippen molar-refractivity contribution in [2.45, 2.75) is 20.0 Å². The Hall–Kier alpha value is -1.45. The minimum absolute atomic E-state index is 0.209. The van der Waals surface area contributed by atoms with Gasteiger partial charge in [0.1, 0.15) is 0 Å². The molecule has 65 valence electrons. The molecule has 12 heavy (non-hydrogen) atoms. The number of carbonyl (C=O) groups is 1. The van der Waals surface area contributed by atoms with Gasteiger partial charge in [0, 0.05) is 12.3 Å². The summed E-state index contributed by atoms with van der Waals surface area (Å²) in [7, 11) is 0. The molecule has 0 N–H and O–H groups in total. The Morgan fingerprint density at radius 2 is 2.25 bits per heavy atom. The van der Waals surface area contributed by atoms with Crippen LogP contribution in [-0.2, 0) is 9.84 Å². The second-order valence-corrected chi connectivity index (χ2v) is 2.65. The molecule has 0 bridgehead atoms. The minimum Gasteiger partial charge on any atom is -0.446 e. The quantitative estimate of drug-likeness (QED) is 0.644. The van der Waals surface area contributed by atoms with Gasteiger partial charge in [-0.2, -0.15) is 0 Å². The molecule has 1 radical (unpaired) electrons. The van der Waals surface area contributed by atoms with Crippen LogP contribution in [0.15, 0.2) is 18.3 Å². The van der Waals surface area contributed by atoms with Gasteiger partial charge in [0.15, 0.2) is 0 Å². The lowest BCUT2D eigenvalue weighted by Crippen LogP contribution is -2.16. The van der Waals surface area contributed by atoms with Crippen LogP contribution in [0.1, 0.15) is 13.8 Å². The van der Waals surface area contributed by atoms with E-state index in [1.165, 1.54) is 18.3 Å². The third-order valence-corrected chi connectivity index (χ3v) is 1.24. The van der Waals surface area contributed by atoms with Gasteiger partial charge in [-0.25, -0.2) is 9.36 Å². The molecule has 0 atom stereocenters. The van der Waals surface area contributed by atoms with Gasteiger partial charge in [-0.05, 0) is 19.9 Å². The van der Waals surface area contributed by atoms with E-state index in [0.717, 1.165) is 4.57 Å². The highest BCUT2D eigenvalue weighted by molar-refractivity contribution is 5.72. The number of hydrogen-bond donors (Lipinski definition) is 0. The Bertz CT molecular complexity index is 278. The highest BCUT2D eigenvalue weighted by atomic mass is 16.6. The van der Waals surface area contributed by atoms with Gasteiger partial charge in [0.25, 0.3) is 5.88 Å². The average Bonchev–Trinajstić information content (AvgIpc) is 2.33. The Kier molecular flexibility index (Phi) is 2.38. The number of nitrogens with zero attached hydrogens (tertiary/aromatic N) is 1. The fourth-order valence-corrected chi connectivity index (χ4v) is 0.774. The van der Waals surface area contributed by atoms with Crippen LogP contribution < -0.4 is 0 Å². The van der Waals surface area contributed by atoms with Crippen molar-refractivity contribution < 1.29 is 14.6 Å². The van der Waals surface area contributed by atoms with Gasteiger partial charge in [-0.1, -0.05) is 0 Å². The van der Waals surface area contributed by atoms with Crippen molar-refractivity contribution in [2.24, 2.45) is 0 Å². The fraction of sp³-hybridized carbons (Fsp3) is 0.375. The van der Waals surface area contributed by atoms with Gasteiger partial charge in [-0.3, -0.25) is 5.11 Å². The topological polar surface area (TPSA) is 51.1 Å². The lowest BCUT2D eigenvalue weighted by Gasteiger charge is -2.07. The first-order valence-corrected chi connectivity index (χ1v) is 3.66. The van der Waals surface area contributed by atoms with E-state index in [2.05, 4.69) is 0 Å². The number of carbonyl (C=O) groups excluding carboxylic acids is 1. The first kappa shape index (κ1) is 8.64. The predicted octanol–water partition coefficient (Wildman–Crippen LogP) is 2.02. The summed E-state index contributed by atoms with van der Waals surface area (Å²) in [5.41, 5.74) is 0. The minimum atomic E-state index is -0.625. The molecule has 0 saturated heterocycles. The molecule has 1 aromatic heterocycles. The molecule has 4 nitrogen and oxygen atoms in total. The lowest BCUT2D eigenvalue weighted by atomic mass is 10.5. The Morgan fingerprint density at radius 3 is 2.67 bits per heavy atom. The monoisotopic (exact) mass is 168 g/mol.